The molecule has 1 aromatic carbocycles. The third-order valence-electron chi connectivity index (χ3n) is 2.05. The average Bonchev–Trinajstić information content (AvgIpc) is 2.44. The molecule has 1 N–H and O–H groups in total. The molecule has 0 saturated carbocycles. The highest BCUT2D eigenvalue weighted by atomic mass is 32.8. The summed E-state index contributed by atoms with van der Waals surface area (Å²) in [6.07, 6.45) is 1.11. The molecule has 0 saturated heterocycles. The Morgan fingerprint density at radius 2 is 2.25 bits per heavy atom. The van der Waals surface area contributed by atoms with Crippen molar-refractivity contribution in [2.75, 3.05) is 5.32 Å². The van der Waals surface area contributed by atoms with Crippen LogP contribution in [0.25, 0.3) is 0 Å². The van der Waals surface area contributed by atoms with E-state index in [4.69, 9.17) is 11.2 Å². The summed E-state index contributed by atoms with van der Waals surface area (Å²) in [5.74, 6) is 0. The van der Waals surface area contributed by atoms with Crippen LogP contribution in [-0.4, -0.2) is 5.37 Å². The van der Waals surface area contributed by atoms with E-state index >= 15 is 0 Å². The zero-order valence-corrected chi connectivity index (χ0v) is 8.54. The van der Waals surface area contributed by atoms with E-state index in [1.165, 1.54) is 10.6 Å². The SMILES string of the molecule is CCC1Nc2ccccc2S1=S. The first-order valence-corrected chi connectivity index (χ1v) is 6.30. The molecule has 0 fully saturated rings. The van der Waals surface area contributed by atoms with E-state index < -0.39 is 0 Å². The minimum Gasteiger partial charge on any atom is -0.372 e. The molecular weight excluding hydrogens is 186 g/mol. The monoisotopic (exact) mass is 197 g/mol. The summed E-state index contributed by atoms with van der Waals surface area (Å²) in [5, 5.41) is 3.93. The van der Waals surface area contributed by atoms with E-state index in [9.17, 15) is 0 Å². The summed E-state index contributed by atoms with van der Waals surface area (Å²) in [7, 11) is -0.0134. The normalized spacial score (nSPS) is 26.4. The van der Waals surface area contributed by atoms with Crippen molar-refractivity contribution in [1.82, 2.24) is 0 Å². The van der Waals surface area contributed by atoms with Crippen LogP contribution in [0.5, 0.6) is 0 Å². The van der Waals surface area contributed by atoms with Gasteiger partial charge in [-0.1, -0.05) is 28.5 Å². The van der Waals surface area contributed by atoms with Crippen LogP contribution in [-0.2, 0) is 20.6 Å². The number of para-hydroxylation sites is 1. The fraction of sp³-hybridized carbons (Fsp3) is 0.333. The molecule has 1 aliphatic rings. The van der Waals surface area contributed by atoms with Gasteiger partial charge in [0.2, 0.25) is 0 Å². The fourth-order valence-corrected chi connectivity index (χ4v) is 3.78. The Hall–Kier alpha value is -0.410. The number of fused-ring (bicyclic) bond motifs is 1. The highest BCUT2D eigenvalue weighted by Crippen LogP contribution is 2.30. The fourth-order valence-electron chi connectivity index (χ4n) is 1.39. The Labute approximate surface area is 79.8 Å². The molecular formula is C9H11NS2. The third kappa shape index (κ3) is 1.17. The molecule has 0 aliphatic carbocycles. The van der Waals surface area contributed by atoms with Crippen molar-refractivity contribution in [2.24, 2.45) is 0 Å². The molecule has 0 bridgehead atoms. The van der Waals surface area contributed by atoms with Crippen molar-refractivity contribution < 1.29 is 0 Å². The molecule has 0 amide bonds. The predicted octanol–water partition coefficient (Wildman–Crippen LogP) is 2.29. The summed E-state index contributed by atoms with van der Waals surface area (Å²) >= 11 is 5.44. The number of benzene rings is 1. The number of nitrogens with one attached hydrogen (secondary N) is 1. The standard InChI is InChI=1S/C9H11NS2/c1-2-9-10-7-5-3-4-6-8(7)12(9)11/h3-6,9-10H,2H2,1H3. The Bertz CT molecular complexity index is 322. The molecule has 64 valence electrons. The first kappa shape index (κ1) is 8.20. The van der Waals surface area contributed by atoms with Gasteiger partial charge in [-0.2, -0.15) is 0 Å². The van der Waals surface area contributed by atoms with Gasteiger partial charge < -0.3 is 5.32 Å². The molecule has 2 rings (SSSR count). The second-order valence-electron chi connectivity index (χ2n) is 2.83. The van der Waals surface area contributed by atoms with Gasteiger partial charge in [0.25, 0.3) is 0 Å². The number of anilines is 1. The Kier molecular flexibility index (Phi) is 2.15. The van der Waals surface area contributed by atoms with Crippen molar-refractivity contribution in [3.8, 4) is 0 Å². The maximum absolute atomic E-state index is 5.44. The van der Waals surface area contributed by atoms with Gasteiger partial charge in [-0.15, -0.1) is 0 Å². The number of hydrogen-bond donors (Lipinski definition) is 1. The van der Waals surface area contributed by atoms with Crippen molar-refractivity contribution >= 4 is 26.3 Å². The van der Waals surface area contributed by atoms with Gasteiger partial charge in [0, 0.05) is 10.6 Å². The summed E-state index contributed by atoms with van der Waals surface area (Å²) in [6, 6.07) is 8.35. The molecule has 1 heterocycles. The predicted molar refractivity (Wildman–Crippen MR) is 57.1 cm³/mol. The molecule has 1 nitrogen and oxygen atoms in total. The first-order valence-electron chi connectivity index (χ1n) is 4.09. The molecule has 0 aromatic heterocycles. The summed E-state index contributed by atoms with van der Waals surface area (Å²) in [5.41, 5.74) is 1.24. The van der Waals surface area contributed by atoms with Crippen LogP contribution in [0.4, 0.5) is 5.69 Å². The van der Waals surface area contributed by atoms with Crippen molar-refractivity contribution in [3.63, 3.8) is 0 Å². The topological polar surface area (TPSA) is 12.0 Å². The van der Waals surface area contributed by atoms with Gasteiger partial charge in [-0.25, -0.2) is 0 Å². The molecule has 0 spiro atoms. The summed E-state index contributed by atoms with van der Waals surface area (Å²) in [6.45, 7) is 2.18. The second kappa shape index (κ2) is 3.15. The Morgan fingerprint density at radius 1 is 1.50 bits per heavy atom. The van der Waals surface area contributed by atoms with E-state index in [-0.39, 0.29) is 9.45 Å². The van der Waals surface area contributed by atoms with E-state index in [2.05, 4.69) is 36.5 Å². The molecule has 1 aliphatic heterocycles. The van der Waals surface area contributed by atoms with Crippen LogP contribution in [0.2, 0.25) is 0 Å². The lowest BCUT2D eigenvalue weighted by molar-refractivity contribution is 0.929. The van der Waals surface area contributed by atoms with E-state index in [1.54, 1.807) is 0 Å². The zero-order chi connectivity index (χ0) is 8.55. The van der Waals surface area contributed by atoms with Gasteiger partial charge in [-0.05, 0) is 29.7 Å². The van der Waals surface area contributed by atoms with Crippen molar-refractivity contribution in [1.29, 1.82) is 0 Å². The van der Waals surface area contributed by atoms with Gasteiger partial charge >= 0.3 is 0 Å². The molecule has 2 atom stereocenters. The van der Waals surface area contributed by atoms with Gasteiger partial charge in [0.1, 0.15) is 0 Å². The molecule has 2 unspecified atom stereocenters. The number of hydrogen-bond acceptors (Lipinski definition) is 2. The first-order chi connectivity index (χ1) is 5.83. The molecule has 12 heavy (non-hydrogen) atoms. The summed E-state index contributed by atoms with van der Waals surface area (Å²) < 4.78 is 0. The van der Waals surface area contributed by atoms with Gasteiger partial charge in [0.15, 0.2) is 0 Å². The van der Waals surface area contributed by atoms with Crippen LogP contribution in [0.3, 0.4) is 0 Å². The smallest absolute Gasteiger partial charge is 0.0809 e. The highest BCUT2D eigenvalue weighted by molar-refractivity contribution is 8.29. The summed E-state index contributed by atoms with van der Waals surface area (Å²) in [4.78, 5) is 1.32. The zero-order valence-electron chi connectivity index (χ0n) is 6.91. The van der Waals surface area contributed by atoms with Crippen LogP contribution >= 0.6 is 0 Å². The van der Waals surface area contributed by atoms with Gasteiger partial charge in [-0.3, -0.25) is 0 Å². The van der Waals surface area contributed by atoms with E-state index in [0.717, 1.165) is 6.42 Å². The lowest BCUT2D eigenvalue weighted by Crippen LogP contribution is -2.15. The maximum atomic E-state index is 5.44. The van der Waals surface area contributed by atoms with Crippen molar-refractivity contribution in [3.05, 3.63) is 24.3 Å². The van der Waals surface area contributed by atoms with Gasteiger partial charge in [0.05, 0.1) is 5.37 Å². The van der Waals surface area contributed by atoms with E-state index in [0.29, 0.717) is 5.37 Å². The third-order valence-corrected chi connectivity index (χ3v) is 5.04. The Balaban J connectivity index is 2.42. The minimum absolute atomic E-state index is 0.0134. The van der Waals surface area contributed by atoms with Crippen LogP contribution in [0, 0.1) is 0 Å². The lowest BCUT2D eigenvalue weighted by atomic mass is 10.3. The van der Waals surface area contributed by atoms with Crippen LogP contribution < -0.4 is 5.32 Å². The molecule has 0 radical (unpaired) electrons. The molecule has 3 heteroatoms. The maximum Gasteiger partial charge on any atom is 0.0809 e. The van der Waals surface area contributed by atoms with Crippen molar-refractivity contribution in [2.45, 2.75) is 23.6 Å². The van der Waals surface area contributed by atoms with Crippen LogP contribution in [0.15, 0.2) is 29.2 Å². The van der Waals surface area contributed by atoms with Crippen LogP contribution in [0.1, 0.15) is 13.3 Å². The average molecular weight is 197 g/mol. The Morgan fingerprint density at radius 3 is 2.92 bits per heavy atom. The van der Waals surface area contributed by atoms with E-state index in [1.807, 2.05) is 0 Å². The number of rotatable bonds is 1. The molecule has 1 aromatic rings. The minimum atomic E-state index is -0.0134. The lowest BCUT2D eigenvalue weighted by Gasteiger charge is -2.07. The quantitative estimate of drug-likeness (QED) is 0.741. The second-order valence-corrected chi connectivity index (χ2v) is 5.52. The highest BCUT2D eigenvalue weighted by Gasteiger charge is 2.22. The largest absolute Gasteiger partial charge is 0.372 e.